The normalized spacial score (nSPS) is 10.9. The highest BCUT2D eigenvalue weighted by Gasteiger charge is 2.22. The Bertz CT molecular complexity index is 1010. The molecule has 1 N–H and O–H groups in total. The first-order valence-electron chi connectivity index (χ1n) is 8.89. The smallest absolute Gasteiger partial charge is 0.340 e. The van der Waals surface area contributed by atoms with E-state index in [4.69, 9.17) is 4.74 Å². The summed E-state index contributed by atoms with van der Waals surface area (Å²) in [5.74, 6) is -0.666. The number of esters is 1. The Morgan fingerprint density at radius 1 is 1.19 bits per heavy atom. The van der Waals surface area contributed by atoms with Gasteiger partial charge in [0, 0.05) is 29.4 Å². The molecule has 3 aromatic rings. The van der Waals surface area contributed by atoms with Crippen LogP contribution in [-0.2, 0) is 11.2 Å². The van der Waals surface area contributed by atoms with Crippen molar-refractivity contribution in [1.82, 2.24) is 9.38 Å². The van der Waals surface area contributed by atoms with Crippen LogP contribution in [0.25, 0.3) is 5.65 Å². The highest BCUT2D eigenvalue weighted by molar-refractivity contribution is 5.97. The fourth-order valence-electron chi connectivity index (χ4n) is 3.07. The summed E-state index contributed by atoms with van der Waals surface area (Å²) >= 11 is 0. The zero-order valence-corrected chi connectivity index (χ0v) is 15.7. The minimum Gasteiger partial charge on any atom is -0.504 e. The third-order valence-electron chi connectivity index (χ3n) is 4.66. The summed E-state index contributed by atoms with van der Waals surface area (Å²) in [6, 6.07) is 8.95. The van der Waals surface area contributed by atoms with Crippen LogP contribution >= 0.6 is 0 Å². The first-order chi connectivity index (χ1) is 12.9. The molecule has 0 aliphatic carbocycles. The number of ketones is 1. The molecular weight excluding hydrogens is 344 g/mol. The van der Waals surface area contributed by atoms with E-state index in [9.17, 15) is 14.7 Å². The van der Waals surface area contributed by atoms with Crippen LogP contribution in [0.4, 0.5) is 0 Å². The molecule has 0 saturated carbocycles. The van der Waals surface area contributed by atoms with Crippen LogP contribution < -0.4 is 0 Å². The Morgan fingerprint density at radius 2 is 1.89 bits per heavy atom. The Hall–Kier alpha value is -3.15. The van der Waals surface area contributed by atoms with Crippen molar-refractivity contribution < 1.29 is 19.4 Å². The lowest BCUT2D eigenvalue weighted by molar-refractivity contribution is 0.0523. The fourth-order valence-corrected chi connectivity index (χ4v) is 3.07. The molecule has 0 amide bonds. The molecule has 0 aliphatic heterocycles. The summed E-state index contributed by atoms with van der Waals surface area (Å²) < 4.78 is 6.82. The number of rotatable bonds is 6. The number of carbonyl (C=O) groups excluding carboxylic acids is 2. The molecule has 2 heterocycles. The fraction of sp³-hybridized carbons (Fsp3) is 0.286. The van der Waals surface area contributed by atoms with Gasteiger partial charge in [0.15, 0.2) is 17.2 Å². The van der Waals surface area contributed by atoms with Crippen LogP contribution in [0, 0.1) is 13.8 Å². The molecule has 0 atom stereocenters. The molecule has 6 nitrogen and oxygen atoms in total. The number of carbonyl (C=O) groups is 2. The van der Waals surface area contributed by atoms with E-state index >= 15 is 0 Å². The van der Waals surface area contributed by atoms with Crippen molar-refractivity contribution in [3.05, 3.63) is 64.6 Å². The van der Waals surface area contributed by atoms with Gasteiger partial charge in [0.05, 0.1) is 17.9 Å². The SMILES string of the molecule is CCOC(=O)c1cn2c(C)c(C)nc2c(O)c1CCC(=O)c1ccccc1. The molecule has 6 heteroatoms. The quantitative estimate of drug-likeness (QED) is 0.532. The second-order valence-corrected chi connectivity index (χ2v) is 6.36. The van der Waals surface area contributed by atoms with Crippen LogP contribution in [0.5, 0.6) is 5.75 Å². The highest BCUT2D eigenvalue weighted by atomic mass is 16.5. The van der Waals surface area contributed by atoms with Crippen molar-refractivity contribution in [2.75, 3.05) is 6.61 Å². The standard InChI is InChI=1S/C21H22N2O4/c1-4-27-21(26)17-12-23-14(3)13(2)22-20(23)19(25)16(17)10-11-18(24)15-8-6-5-7-9-15/h5-9,12,25H,4,10-11H2,1-3H3. The van der Waals surface area contributed by atoms with Crippen LogP contribution in [0.3, 0.4) is 0 Å². The number of aromatic nitrogens is 2. The number of pyridine rings is 1. The third-order valence-corrected chi connectivity index (χ3v) is 4.66. The van der Waals surface area contributed by atoms with E-state index in [-0.39, 0.29) is 36.5 Å². The summed E-state index contributed by atoms with van der Waals surface area (Å²) in [4.78, 5) is 29.3. The van der Waals surface area contributed by atoms with Crippen molar-refractivity contribution in [2.45, 2.75) is 33.6 Å². The van der Waals surface area contributed by atoms with Gasteiger partial charge in [-0.3, -0.25) is 4.79 Å². The molecular formula is C21H22N2O4. The third kappa shape index (κ3) is 3.56. The molecule has 27 heavy (non-hydrogen) atoms. The highest BCUT2D eigenvalue weighted by Crippen LogP contribution is 2.30. The summed E-state index contributed by atoms with van der Waals surface area (Å²) in [6.45, 7) is 5.65. The van der Waals surface area contributed by atoms with Crippen LogP contribution in [0.1, 0.15) is 51.0 Å². The lowest BCUT2D eigenvalue weighted by Gasteiger charge is -2.13. The minimum atomic E-state index is -0.525. The lowest BCUT2D eigenvalue weighted by Crippen LogP contribution is -2.12. The average molecular weight is 366 g/mol. The predicted molar refractivity (Wildman–Crippen MR) is 101 cm³/mol. The summed E-state index contributed by atoms with van der Waals surface area (Å²) in [5.41, 5.74) is 3.21. The van der Waals surface area contributed by atoms with Crippen molar-refractivity contribution in [3.8, 4) is 5.75 Å². The molecule has 0 radical (unpaired) electrons. The number of benzene rings is 1. The van der Waals surface area contributed by atoms with Gasteiger partial charge in [-0.25, -0.2) is 9.78 Å². The average Bonchev–Trinajstić information content (AvgIpc) is 2.96. The molecule has 2 aromatic heterocycles. The number of imidazole rings is 1. The monoisotopic (exact) mass is 366 g/mol. The number of Topliss-reactive ketones (excluding diaryl/α,β-unsaturated/α-hetero) is 1. The molecule has 140 valence electrons. The van der Waals surface area contributed by atoms with Gasteiger partial charge in [-0.05, 0) is 27.2 Å². The topological polar surface area (TPSA) is 80.9 Å². The summed E-state index contributed by atoms with van der Waals surface area (Å²) in [6.07, 6.45) is 2.01. The first kappa shape index (κ1) is 18.6. The Labute approximate surface area is 157 Å². The number of aryl methyl sites for hydroxylation is 2. The van der Waals surface area contributed by atoms with Gasteiger partial charge in [0.2, 0.25) is 0 Å². The molecule has 0 fully saturated rings. The van der Waals surface area contributed by atoms with Gasteiger partial charge in [-0.15, -0.1) is 0 Å². The molecule has 0 bridgehead atoms. The minimum absolute atomic E-state index is 0.0552. The maximum atomic E-state index is 12.4. The zero-order valence-electron chi connectivity index (χ0n) is 15.7. The van der Waals surface area contributed by atoms with E-state index in [1.165, 1.54) is 0 Å². The molecule has 3 rings (SSSR count). The van der Waals surface area contributed by atoms with E-state index < -0.39 is 5.97 Å². The van der Waals surface area contributed by atoms with Crippen molar-refractivity contribution >= 4 is 17.4 Å². The van der Waals surface area contributed by atoms with E-state index in [0.717, 1.165) is 11.4 Å². The van der Waals surface area contributed by atoms with Crippen LogP contribution in [0.2, 0.25) is 0 Å². The number of nitrogens with zero attached hydrogens (tertiary/aromatic N) is 2. The maximum absolute atomic E-state index is 12.4. The first-order valence-corrected chi connectivity index (χ1v) is 8.89. The van der Waals surface area contributed by atoms with Crippen LogP contribution in [-0.4, -0.2) is 32.9 Å². The summed E-state index contributed by atoms with van der Waals surface area (Å²) in [7, 11) is 0. The Morgan fingerprint density at radius 3 is 2.56 bits per heavy atom. The molecule has 0 unspecified atom stereocenters. The second kappa shape index (κ2) is 7.61. The van der Waals surface area contributed by atoms with E-state index in [0.29, 0.717) is 16.8 Å². The Balaban J connectivity index is 2.01. The van der Waals surface area contributed by atoms with E-state index in [1.54, 1.807) is 41.8 Å². The molecule has 0 saturated heterocycles. The van der Waals surface area contributed by atoms with Gasteiger partial charge < -0.3 is 14.2 Å². The molecule has 0 aliphatic rings. The van der Waals surface area contributed by atoms with Gasteiger partial charge in [0.1, 0.15) is 0 Å². The van der Waals surface area contributed by atoms with Gasteiger partial charge in [-0.2, -0.15) is 0 Å². The van der Waals surface area contributed by atoms with Crippen molar-refractivity contribution in [1.29, 1.82) is 0 Å². The maximum Gasteiger partial charge on any atom is 0.340 e. The number of hydrogen-bond acceptors (Lipinski definition) is 5. The second-order valence-electron chi connectivity index (χ2n) is 6.36. The zero-order chi connectivity index (χ0) is 19.6. The number of ether oxygens (including phenoxy) is 1. The van der Waals surface area contributed by atoms with Gasteiger partial charge in [-0.1, -0.05) is 30.3 Å². The number of aromatic hydroxyl groups is 1. The van der Waals surface area contributed by atoms with Crippen molar-refractivity contribution in [3.63, 3.8) is 0 Å². The number of hydrogen-bond donors (Lipinski definition) is 1. The van der Waals surface area contributed by atoms with Gasteiger partial charge in [0.25, 0.3) is 0 Å². The predicted octanol–water partition coefficient (Wildman–Crippen LogP) is 3.65. The van der Waals surface area contributed by atoms with E-state index in [2.05, 4.69) is 4.98 Å². The molecule has 1 aromatic carbocycles. The lowest BCUT2D eigenvalue weighted by atomic mass is 9.99. The number of fused-ring (bicyclic) bond motifs is 1. The van der Waals surface area contributed by atoms with E-state index in [1.807, 2.05) is 19.9 Å². The molecule has 0 spiro atoms. The van der Waals surface area contributed by atoms with Crippen LogP contribution in [0.15, 0.2) is 36.5 Å². The summed E-state index contributed by atoms with van der Waals surface area (Å²) in [5, 5.41) is 10.8. The van der Waals surface area contributed by atoms with Crippen molar-refractivity contribution in [2.24, 2.45) is 0 Å². The Kier molecular flexibility index (Phi) is 5.26. The largest absolute Gasteiger partial charge is 0.504 e. The van der Waals surface area contributed by atoms with Gasteiger partial charge >= 0.3 is 5.97 Å².